The Morgan fingerprint density at radius 3 is 2.60 bits per heavy atom. The number of alkyl halides is 1. The van der Waals surface area contributed by atoms with Crippen molar-refractivity contribution in [3.05, 3.63) is 29.8 Å². The highest BCUT2D eigenvalue weighted by atomic mass is 35.5. The summed E-state index contributed by atoms with van der Waals surface area (Å²) in [6.07, 6.45) is 0.596. The Morgan fingerprint density at radius 1 is 1.33 bits per heavy atom. The first kappa shape index (κ1) is 12.3. The Labute approximate surface area is 95.5 Å². The molecule has 0 spiro atoms. The molecule has 0 fully saturated rings. The maximum absolute atomic E-state index is 11.5. The van der Waals surface area contributed by atoms with Gasteiger partial charge in [0.05, 0.1) is 11.4 Å². The summed E-state index contributed by atoms with van der Waals surface area (Å²) in [6, 6.07) is 7.12. The van der Waals surface area contributed by atoms with Crippen molar-refractivity contribution in [3.63, 3.8) is 0 Å². The second-order valence-electron chi connectivity index (χ2n) is 3.21. The third kappa shape index (κ3) is 3.72. The monoisotopic (exact) mass is 247 g/mol. The van der Waals surface area contributed by atoms with Crippen molar-refractivity contribution in [1.82, 2.24) is 0 Å². The smallest absolute Gasteiger partial charge is 0.232 e. The molecule has 0 atom stereocenters. The van der Waals surface area contributed by atoms with E-state index in [-0.39, 0.29) is 5.75 Å². The fourth-order valence-electron chi connectivity index (χ4n) is 1.22. The summed E-state index contributed by atoms with van der Waals surface area (Å²) in [5.74, 6) is 0.425. The van der Waals surface area contributed by atoms with Gasteiger partial charge in [-0.3, -0.25) is 4.72 Å². The predicted molar refractivity (Wildman–Crippen MR) is 63.7 cm³/mol. The molecule has 0 bridgehead atoms. The van der Waals surface area contributed by atoms with Gasteiger partial charge < -0.3 is 0 Å². The van der Waals surface area contributed by atoms with Crippen LogP contribution in [0.15, 0.2) is 24.3 Å². The van der Waals surface area contributed by atoms with Gasteiger partial charge in [0.2, 0.25) is 10.0 Å². The first-order valence-electron chi connectivity index (χ1n) is 4.73. The molecule has 1 N–H and O–H groups in total. The maximum atomic E-state index is 11.5. The SMILES string of the molecule is CCCS(=O)(=O)Nc1ccccc1CCl. The standard InChI is InChI=1S/C10H14ClNO2S/c1-2-7-15(13,14)12-10-6-4-3-5-9(10)8-11/h3-6,12H,2,7-8H2,1H3. The summed E-state index contributed by atoms with van der Waals surface area (Å²) in [5, 5.41) is 0. The minimum Gasteiger partial charge on any atom is -0.283 e. The molecule has 0 aliphatic carbocycles. The van der Waals surface area contributed by atoms with E-state index in [1.807, 2.05) is 13.0 Å². The van der Waals surface area contributed by atoms with Gasteiger partial charge in [0.15, 0.2) is 0 Å². The molecule has 1 aromatic carbocycles. The van der Waals surface area contributed by atoms with Gasteiger partial charge >= 0.3 is 0 Å². The highest BCUT2D eigenvalue weighted by Gasteiger charge is 2.10. The molecule has 0 unspecified atom stereocenters. The molecule has 0 radical (unpaired) electrons. The molecule has 0 aliphatic rings. The average molecular weight is 248 g/mol. The zero-order chi connectivity index (χ0) is 11.3. The van der Waals surface area contributed by atoms with Crippen LogP contribution in [-0.2, 0) is 15.9 Å². The summed E-state index contributed by atoms with van der Waals surface area (Å²) in [5.41, 5.74) is 1.36. The number of para-hydroxylation sites is 1. The highest BCUT2D eigenvalue weighted by molar-refractivity contribution is 7.92. The van der Waals surface area contributed by atoms with E-state index >= 15 is 0 Å². The highest BCUT2D eigenvalue weighted by Crippen LogP contribution is 2.18. The lowest BCUT2D eigenvalue weighted by Crippen LogP contribution is -2.16. The maximum Gasteiger partial charge on any atom is 0.232 e. The molecule has 3 nitrogen and oxygen atoms in total. The predicted octanol–water partition coefficient (Wildman–Crippen LogP) is 2.58. The molecular weight excluding hydrogens is 234 g/mol. The number of hydrogen-bond acceptors (Lipinski definition) is 2. The molecule has 0 heterocycles. The third-order valence-electron chi connectivity index (χ3n) is 1.90. The Morgan fingerprint density at radius 2 is 2.00 bits per heavy atom. The number of benzene rings is 1. The molecule has 1 aromatic rings. The van der Waals surface area contributed by atoms with Crippen molar-refractivity contribution < 1.29 is 8.42 Å². The molecule has 0 aliphatic heterocycles. The summed E-state index contributed by atoms with van der Waals surface area (Å²) in [6.45, 7) is 1.83. The lowest BCUT2D eigenvalue weighted by atomic mass is 10.2. The first-order chi connectivity index (χ1) is 7.09. The van der Waals surface area contributed by atoms with E-state index in [0.717, 1.165) is 5.56 Å². The largest absolute Gasteiger partial charge is 0.283 e. The van der Waals surface area contributed by atoms with Crippen molar-refractivity contribution in [2.75, 3.05) is 10.5 Å². The number of anilines is 1. The molecule has 84 valence electrons. The van der Waals surface area contributed by atoms with E-state index in [0.29, 0.717) is 18.0 Å². The van der Waals surface area contributed by atoms with E-state index in [1.165, 1.54) is 0 Å². The van der Waals surface area contributed by atoms with E-state index in [1.54, 1.807) is 18.2 Å². The van der Waals surface area contributed by atoms with Gasteiger partial charge in [-0.25, -0.2) is 8.42 Å². The topological polar surface area (TPSA) is 46.2 Å². The van der Waals surface area contributed by atoms with Crippen molar-refractivity contribution in [3.8, 4) is 0 Å². The molecule has 0 aromatic heterocycles. The van der Waals surface area contributed by atoms with Crippen molar-refractivity contribution in [1.29, 1.82) is 0 Å². The zero-order valence-electron chi connectivity index (χ0n) is 8.53. The van der Waals surface area contributed by atoms with Crippen LogP contribution in [0.4, 0.5) is 5.69 Å². The second-order valence-corrected chi connectivity index (χ2v) is 5.32. The molecule has 0 amide bonds. The number of nitrogens with one attached hydrogen (secondary N) is 1. The summed E-state index contributed by atoms with van der Waals surface area (Å²) in [7, 11) is -3.23. The van der Waals surface area contributed by atoms with Crippen LogP contribution in [0.1, 0.15) is 18.9 Å². The lowest BCUT2D eigenvalue weighted by Gasteiger charge is -2.10. The zero-order valence-corrected chi connectivity index (χ0v) is 10.1. The molecule has 5 heteroatoms. The van der Waals surface area contributed by atoms with Crippen LogP contribution < -0.4 is 4.72 Å². The fraction of sp³-hybridized carbons (Fsp3) is 0.400. The van der Waals surface area contributed by atoms with Gasteiger partial charge in [0.25, 0.3) is 0 Å². The van der Waals surface area contributed by atoms with Crippen LogP contribution in [0.3, 0.4) is 0 Å². The molecule has 15 heavy (non-hydrogen) atoms. The van der Waals surface area contributed by atoms with Crippen molar-refractivity contribution in [2.45, 2.75) is 19.2 Å². The Kier molecular flexibility index (Phi) is 4.42. The Hall–Kier alpha value is -0.740. The third-order valence-corrected chi connectivity index (χ3v) is 3.66. The average Bonchev–Trinajstić information content (AvgIpc) is 2.17. The summed E-state index contributed by atoms with van der Waals surface area (Å²) >= 11 is 5.70. The summed E-state index contributed by atoms with van der Waals surface area (Å²) in [4.78, 5) is 0. The van der Waals surface area contributed by atoms with Gasteiger partial charge in [-0.1, -0.05) is 25.1 Å². The second kappa shape index (κ2) is 5.37. The van der Waals surface area contributed by atoms with E-state index in [4.69, 9.17) is 11.6 Å². The normalized spacial score (nSPS) is 11.3. The van der Waals surface area contributed by atoms with Gasteiger partial charge in [0, 0.05) is 5.88 Å². The minimum absolute atomic E-state index is 0.129. The van der Waals surface area contributed by atoms with E-state index in [9.17, 15) is 8.42 Å². The minimum atomic E-state index is -3.23. The van der Waals surface area contributed by atoms with E-state index in [2.05, 4.69) is 4.72 Å². The number of halogens is 1. The van der Waals surface area contributed by atoms with Crippen LogP contribution in [0, 0.1) is 0 Å². The van der Waals surface area contributed by atoms with Crippen molar-refractivity contribution >= 4 is 27.3 Å². The van der Waals surface area contributed by atoms with Gasteiger partial charge in [0.1, 0.15) is 0 Å². The Balaban J connectivity index is 2.89. The Bertz CT molecular complexity index is 417. The van der Waals surface area contributed by atoms with Crippen LogP contribution in [0.5, 0.6) is 0 Å². The molecular formula is C10H14ClNO2S. The van der Waals surface area contributed by atoms with Crippen LogP contribution in [0.2, 0.25) is 0 Å². The lowest BCUT2D eigenvalue weighted by molar-refractivity contribution is 0.600. The van der Waals surface area contributed by atoms with Crippen molar-refractivity contribution in [2.24, 2.45) is 0 Å². The van der Waals surface area contributed by atoms with Crippen LogP contribution in [-0.4, -0.2) is 14.2 Å². The quantitative estimate of drug-likeness (QED) is 0.813. The van der Waals surface area contributed by atoms with Crippen LogP contribution in [0.25, 0.3) is 0 Å². The molecule has 1 rings (SSSR count). The fourth-order valence-corrected chi connectivity index (χ4v) is 2.63. The number of hydrogen-bond donors (Lipinski definition) is 1. The summed E-state index contributed by atoms with van der Waals surface area (Å²) < 4.78 is 25.6. The number of sulfonamides is 1. The van der Waals surface area contributed by atoms with Gasteiger partial charge in [-0.15, -0.1) is 11.6 Å². The molecule has 0 saturated heterocycles. The van der Waals surface area contributed by atoms with Crippen LogP contribution >= 0.6 is 11.6 Å². The molecule has 0 saturated carbocycles. The first-order valence-corrected chi connectivity index (χ1v) is 6.92. The van der Waals surface area contributed by atoms with E-state index < -0.39 is 10.0 Å². The number of rotatable bonds is 5. The van der Waals surface area contributed by atoms with Gasteiger partial charge in [-0.2, -0.15) is 0 Å². The van der Waals surface area contributed by atoms with Gasteiger partial charge in [-0.05, 0) is 18.1 Å².